The van der Waals surface area contributed by atoms with E-state index in [2.05, 4.69) is 13.8 Å². The van der Waals surface area contributed by atoms with Gasteiger partial charge in [0, 0.05) is 0 Å². The van der Waals surface area contributed by atoms with Gasteiger partial charge in [-0.3, -0.25) is 0 Å². The molecule has 2 heterocycles. The quantitative estimate of drug-likeness (QED) is 0.546. The zero-order valence-corrected chi connectivity index (χ0v) is 10.4. The van der Waals surface area contributed by atoms with Gasteiger partial charge in [-0.15, -0.1) is 0 Å². The minimum atomic E-state index is 1.05. The fourth-order valence-electron chi connectivity index (χ4n) is 5.38. The first-order valence-electron chi connectivity index (χ1n) is 7.27. The maximum atomic E-state index is 2.51. The number of hydrogen-bond donors (Lipinski definition) is 0. The maximum Gasteiger partial charge on any atom is 0.150 e. The zero-order chi connectivity index (χ0) is 10.4. The number of rotatable bonds is 1. The van der Waals surface area contributed by atoms with Crippen molar-refractivity contribution in [1.29, 1.82) is 0 Å². The molecule has 2 bridgehead atoms. The first kappa shape index (κ1) is 10.2. The van der Waals surface area contributed by atoms with Crippen LogP contribution in [0.1, 0.15) is 58.8 Å². The van der Waals surface area contributed by atoms with E-state index in [1.54, 1.807) is 38.5 Å². The van der Waals surface area contributed by atoms with Crippen LogP contribution in [0, 0.1) is 11.8 Å². The molecule has 0 radical (unpaired) electrons. The summed E-state index contributed by atoms with van der Waals surface area (Å²) < 4.78 is 0. The minimum Gasteiger partial charge on any atom is -0.0629 e. The molecule has 0 spiro atoms. The zero-order valence-electron chi connectivity index (χ0n) is 10.4. The molecule has 0 aromatic heterocycles. The van der Waals surface area contributed by atoms with Crippen LogP contribution in [0.15, 0.2) is 0 Å². The molecule has 0 aromatic carbocycles. The molecule has 2 aliphatic heterocycles. The van der Waals surface area contributed by atoms with Crippen LogP contribution >= 0.6 is 0 Å². The van der Waals surface area contributed by atoms with Crippen LogP contribution < -0.4 is 0 Å². The Kier molecular flexibility index (Phi) is 2.61. The van der Waals surface area contributed by atoms with E-state index in [0.717, 1.165) is 36.0 Å². The lowest BCUT2D eigenvalue weighted by Gasteiger charge is -2.53. The first-order chi connectivity index (χ1) is 7.27. The van der Waals surface area contributed by atoms with Crippen molar-refractivity contribution in [3.63, 3.8) is 0 Å². The van der Waals surface area contributed by atoms with Crippen LogP contribution in [0.3, 0.4) is 0 Å². The van der Waals surface area contributed by atoms with Gasteiger partial charge in [0.15, 0.2) is 0 Å². The predicted molar refractivity (Wildman–Crippen MR) is 67.7 cm³/mol. The summed E-state index contributed by atoms with van der Waals surface area (Å²) in [5.74, 6) is 5.47. The molecule has 1 heteroatoms. The second-order valence-electron chi connectivity index (χ2n) is 6.73. The van der Waals surface area contributed by atoms with Crippen molar-refractivity contribution in [2.75, 3.05) is 0 Å². The molecule has 0 aromatic rings. The largest absolute Gasteiger partial charge is 0.150 e. The highest BCUT2D eigenvalue weighted by molar-refractivity contribution is 6.64. The Hall–Kier alpha value is 0.0649. The van der Waals surface area contributed by atoms with Gasteiger partial charge >= 0.3 is 0 Å². The lowest BCUT2D eigenvalue weighted by molar-refractivity contribution is 0.216. The smallest absolute Gasteiger partial charge is 0.0629 e. The lowest BCUT2D eigenvalue weighted by atomic mass is 9.18. The molecular formula is C14H25B. The van der Waals surface area contributed by atoms with Gasteiger partial charge in [0.25, 0.3) is 0 Å². The molecule has 2 unspecified atom stereocenters. The standard InChI is InChI=1S/C14H25B/c1-10-9-11(2)14(10)15-12-5-3-6-13(15)8-4-7-12/h10-14H,3-9H2,1-2H3. The van der Waals surface area contributed by atoms with Gasteiger partial charge in [-0.25, -0.2) is 0 Å². The molecule has 15 heavy (non-hydrogen) atoms. The molecule has 0 N–H and O–H groups in total. The van der Waals surface area contributed by atoms with Gasteiger partial charge in [0.2, 0.25) is 0 Å². The van der Waals surface area contributed by atoms with E-state index in [-0.39, 0.29) is 0 Å². The second kappa shape index (κ2) is 3.82. The average Bonchev–Trinajstić information content (AvgIpc) is 2.16. The van der Waals surface area contributed by atoms with Crippen LogP contribution in [0.5, 0.6) is 0 Å². The molecule has 1 aliphatic carbocycles. The van der Waals surface area contributed by atoms with Gasteiger partial charge in [-0.05, 0) is 18.3 Å². The monoisotopic (exact) mass is 204 g/mol. The molecular weight excluding hydrogens is 179 g/mol. The van der Waals surface area contributed by atoms with Crippen molar-refractivity contribution in [2.45, 2.75) is 76.2 Å². The van der Waals surface area contributed by atoms with Crippen molar-refractivity contribution in [1.82, 2.24) is 0 Å². The van der Waals surface area contributed by atoms with E-state index in [0.29, 0.717) is 0 Å². The summed E-state index contributed by atoms with van der Waals surface area (Å²) in [6.07, 6.45) is 10.9. The minimum absolute atomic E-state index is 1.05. The Morgan fingerprint density at radius 2 is 1.27 bits per heavy atom. The number of hydrogen-bond acceptors (Lipinski definition) is 0. The predicted octanol–water partition coefficient (Wildman–Crippen LogP) is 4.64. The Morgan fingerprint density at radius 3 is 1.67 bits per heavy atom. The van der Waals surface area contributed by atoms with E-state index in [9.17, 15) is 0 Å². The SMILES string of the molecule is CC1CC(C)C1B1C2CCCC1CCC2. The molecule has 3 aliphatic rings. The molecule has 2 saturated heterocycles. The van der Waals surface area contributed by atoms with Gasteiger partial charge < -0.3 is 0 Å². The summed E-state index contributed by atoms with van der Waals surface area (Å²) in [7, 11) is 0. The molecule has 0 amide bonds. The van der Waals surface area contributed by atoms with Crippen LogP contribution in [-0.4, -0.2) is 6.71 Å². The molecule has 0 nitrogen and oxygen atoms in total. The Bertz CT molecular complexity index is 207. The molecule has 3 fully saturated rings. The summed E-state index contributed by atoms with van der Waals surface area (Å²) in [5, 5.41) is 0. The summed E-state index contributed by atoms with van der Waals surface area (Å²) in [5.41, 5.74) is 0. The topological polar surface area (TPSA) is 0 Å². The van der Waals surface area contributed by atoms with E-state index in [4.69, 9.17) is 0 Å². The highest BCUT2D eigenvalue weighted by Gasteiger charge is 2.50. The third-order valence-electron chi connectivity index (χ3n) is 5.89. The van der Waals surface area contributed by atoms with E-state index >= 15 is 0 Å². The highest BCUT2D eigenvalue weighted by Crippen LogP contribution is 2.58. The Balaban J connectivity index is 1.78. The van der Waals surface area contributed by atoms with Gasteiger partial charge in [0.1, 0.15) is 6.71 Å². The average molecular weight is 204 g/mol. The van der Waals surface area contributed by atoms with E-state index < -0.39 is 0 Å². The van der Waals surface area contributed by atoms with Gasteiger partial charge in [-0.1, -0.05) is 69.8 Å². The van der Waals surface area contributed by atoms with Crippen molar-refractivity contribution in [3.8, 4) is 0 Å². The fourth-order valence-corrected chi connectivity index (χ4v) is 5.38. The van der Waals surface area contributed by atoms with E-state index in [1.807, 2.05) is 0 Å². The maximum absolute atomic E-state index is 2.51. The van der Waals surface area contributed by atoms with Crippen LogP contribution in [-0.2, 0) is 0 Å². The third-order valence-corrected chi connectivity index (χ3v) is 5.89. The molecule has 3 rings (SSSR count). The van der Waals surface area contributed by atoms with Crippen LogP contribution in [0.2, 0.25) is 17.5 Å². The molecule has 1 saturated carbocycles. The fraction of sp³-hybridized carbons (Fsp3) is 1.00. The summed E-state index contributed by atoms with van der Waals surface area (Å²) in [6, 6.07) is 0. The second-order valence-corrected chi connectivity index (χ2v) is 6.73. The van der Waals surface area contributed by atoms with Crippen molar-refractivity contribution < 1.29 is 0 Å². The lowest BCUT2D eigenvalue weighted by Crippen LogP contribution is -2.47. The summed E-state index contributed by atoms with van der Waals surface area (Å²) in [6.45, 7) is 6.16. The van der Waals surface area contributed by atoms with Crippen LogP contribution in [0.4, 0.5) is 0 Å². The molecule has 84 valence electrons. The van der Waals surface area contributed by atoms with Gasteiger partial charge in [-0.2, -0.15) is 0 Å². The van der Waals surface area contributed by atoms with Crippen molar-refractivity contribution in [2.24, 2.45) is 11.8 Å². The van der Waals surface area contributed by atoms with Gasteiger partial charge in [0.05, 0.1) is 0 Å². The van der Waals surface area contributed by atoms with E-state index in [1.165, 1.54) is 6.42 Å². The summed E-state index contributed by atoms with van der Waals surface area (Å²) in [4.78, 5) is 0. The Morgan fingerprint density at radius 1 is 0.800 bits per heavy atom. The highest BCUT2D eigenvalue weighted by atomic mass is 14.4. The van der Waals surface area contributed by atoms with Crippen LogP contribution in [0.25, 0.3) is 0 Å². The third kappa shape index (κ3) is 1.57. The normalized spacial score (nSPS) is 50.0. The molecule has 2 atom stereocenters. The first-order valence-corrected chi connectivity index (χ1v) is 7.27. The van der Waals surface area contributed by atoms with Crippen molar-refractivity contribution in [3.05, 3.63) is 0 Å². The Labute approximate surface area is 95.3 Å². The number of fused-ring (bicyclic) bond motifs is 2. The summed E-state index contributed by atoms with van der Waals surface area (Å²) >= 11 is 0. The van der Waals surface area contributed by atoms with Crippen molar-refractivity contribution >= 4 is 6.71 Å².